The van der Waals surface area contributed by atoms with Gasteiger partial charge < -0.3 is 14.6 Å². The Labute approximate surface area is 151 Å². The van der Waals surface area contributed by atoms with Gasteiger partial charge in [0, 0.05) is 18.8 Å². The molecule has 0 aliphatic heterocycles. The smallest absolute Gasteiger partial charge is 0.271 e. The fraction of sp³-hybridized carbons (Fsp3) is 0.316. The Balaban J connectivity index is 2.63. The van der Waals surface area contributed by atoms with Gasteiger partial charge in [-0.05, 0) is 31.0 Å². The molecule has 1 aromatic carbocycles. The van der Waals surface area contributed by atoms with Crippen molar-refractivity contribution < 1.29 is 14.6 Å². The lowest BCUT2D eigenvalue weighted by molar-refractivity contribution is 0.402. The molecule has 0 aliphatic carbocycles. The first kappa shape index (κ1) is 19.1. The van der Waals surface area contributed by atoms with Gasteiger partial charge in [0.25, 0.3) is 5.56 Å². The summed E-state index contributed by atoms with van der Waals surface area (Å²) in [5, 5.41) is 19.8. The molecule has 0 saturated heterocycles. The number of nitriles is 1. The van der Waals surface area contributed by atoms with Gasteiger partial charge in [-0.25, -0.2) is 0 Å². The summed E-state index contributed by atoms with van der Waals surface area (Å²) >= 11 is 0. The second-order valence-corrected chi connectivity index (χ2v) is 5.60. The van der Waals surface area contributed by atoms with Crippen molar-refractivity contribution in [3.8, 4) is 23.4 Å². The minimum Gasteiger partial charge on any atom is -0.497 e. The molecule has 7 heteroatoms. The van der Waals surface area contributed by atoms with E-state index < -0.39 is 5.56 Å². The number of hydrogen-bond acceptors (Lipinski definition) is 6. The number of benzene rings is 1. The summed E-state index contributed by atoms with van der Waals surface area (Å²) < 4.78 is 11.7. The summed E-state index contributed by atoms with van der Waals surface area (Å²) in [6.07, 6.45) is 2.07. The van der Waals surface area contributed by atoms with Crippen molar-refractivity contribution in [3.05, 3.63) is 45.2 Å². The molecule has 0 atom stereocenters. The van der Waals surface area contributed by atoms with E-state index in [-0.39, 0.29) is 11.4 Å². The van der Waals surface area contributed by atoms with Crippen LogP contribution in [0.5, 0.6) is 17.4 Å². The lowest BCUT2D eigenvalue weighted by Crippen LogP contribution is -2.25. The number of aliphatic imine (C=N–C) groups is 1. The first-order chi connectivity index (χ1) is 12.5. The molecule has 0 radical (unpaired) electrons. The fourth-order valence-corrected chi connectivity index (χ4v) is 2.59. The maximum atomic E-state index is 12.3. The minimum absolute atomic E-state index is 0.00435. The molecule has 0 bridgehead atoms. The average molecular weight is 355 g/mol. The lowest BCUT2D eigenvalue weighted by atomic mass is 10.1. The van der Waals surface area contributed by atoms with Gasteiger partial charge in [0.15, 0.2) is 0 Å². The van der Waals surface area contributed by atoms with Crippen molar-refractivity contribution in [1.29, 1.82) is 5.26 Å². The van der Waals surface area contributed by atoms with Gasteiger partial charge in [-0.3, -0.25) is 14.4 Å². The van der Waals surface area contributed by atoms with E-state index in [1.165, 1.54) is 17.9 Å². The highest BCUT2D eigenvalue weighted by Gasteiger charge is 2.17. The van der Waals surface area contributed by atoms with Crippen LogP contribution in [0.15, 0.2) is 28.0 Å². The number of aromatic nitrogens is 1. The Morgan fingerprint density at radius 2 is 2.08 bits per heavy atom. The Kier molecular flexibility index (Phi) is 6.02. The Morgan fingerprint density at radius 3 is 2.65 bits per heavy atom. The van der Waals surface area contributed by atoms with Crippen molar-refractivity contribution in [2.75, 3.05) is 14.2 Å². The zero-order valence-electron chi connectivity index (χ0n) is 15.2. The molecule has 7 nitrogen and oxygen atoms in total. The normalized spacial score (nSPS) is 10.7. The van der Waals surface area contributed by atoms with Crippen LogP contribution in [-0.4, -0.2) is 30.1 Å². The van der Waals surface area contributed by atoms with Crippen LogP contribution in [0.4, 0.5) is 5.69 Å². The van der Waals surface area contributed by atoms with E-state index >= 15 is 0 Å². The van der Waals surface area contributed by atoms with Crippen LogP contribution < -0.4 is 15.0 Å². The van der Waals surface area contributed by atoms with Crippen LogP contribution in [0.3, 0.4) is 0 Å². The molecule has 1 heterocycles. The van der Waals surface area contributed by atoms with Crippen LogP contribution in [0.1, 0.15) is 30.0 Å². The van der Waals surface area contributed by atoms with Crippen molar-refractivity contribution in [2.45, 2.75) is 26.8 Å². The van der Waals surface area contributed by atoms with Crippen LogP contribution in [0.25, 0.3) is 0 Å². The molecular weight excluding hydrogens is 334 g/mol. The van der Waals surface area contributed by atoms with Crippen LogP contribution in [-0.2, 0) is 6.54 Å². The van der Waals surface area contributed by atoms with E-state index in [0.29, 0.717) is 41.3 Å². The average Bonchev–Trinajstić information content (AvgIpc) is 2.65. The zero-order chi connectivity index (χ0) is 19.3. The van der Waals surface area contributed by atoms with Gasteiger partial charge in [0.05, 0.1) is 19.8 Å². The van der Waals surface area contributed by atoms with E-state index in [1.54, 1.807) is 32.2 Å². The molecule has 2 aromatic rings. The number of pyridine rings is 1. The van der Waals surface area contributed by atoms with Crippen LogP contribution >= 0.6 is 0 Å². The van der Waals surface area contributed by atoms with Gasteiger partial charge in [0.1, 0.15) is 28.8 Å². The highest BCUT2D eigenvalue weighted by atomic mass is 16.5. The molecule has 1 aromatic heterocycles. The Bertz CT molecular complexity index is 939. The first-order valence-electron chi connectivity index (χ1n) is 8.11. The number of nitrogens with zero attached hydrogens (tertiary/aromatic N) is 3. The molecule has 0 aliphatic rings. The summed E-state index contributed by atoms with van der Waals surface area (Å²) in [4.78, 5) is 16.7. The third-order valence-corrected chi connectivity index (χ3v) is 4.01. The summed E-state index contributed by atoms with van der Waals surface area (Å²) in [6, 6.07) is 7.07. The molecular formula is C19H21N3O4. The zero-order valence-corrected chi connectivity index (χ0v) is 15.2. The Hall–Kier alpha value is -3.27. The third-order valence-electron chi connectivity index (χ3n) is 4.01. The van der Waals surface area contributed by atoms with Gasteiger partial charge in [0.2, 0.25) is 5.88 Å². The van der Waals surface area contributed by atoms with E-state index in [2.05, 4.69) is 4.99 Å². The summed E-state index contributed by atoms with van der Waals surface area (Å²) in [5.41, 5.74) is 0.695. The van der Waals surface area contributed by atoms with Crippen LogP contribution in [0.2, 0.25) is 0 Å². The van der Waals surface area contributed by atoms with E-state index in [0.717, 1.165) is 0 Å². The van der Waals surface area contributed by atoms with Crippen molar-refractivity contribution >= 4 is 11.9 Å². The topological polar surface area (TPSA) is 96.8 Å². The molecule has 0 fully saturated rings. The van der Waals surface area contributed by atoms with Gasteiger partial charge >= 0.3 is 0 Å². The number of methoxy groups -OCH3 is 2. The molecule has 0 amide bonds. The van der Waals surface area contributed by atoms with Crippen molar-refractivity contribution in [2.24, 2.45) is 4.99 Å². The number of hydrogen-bond donors (Lipinski definition) is 1. The van der Waals surface area contributed by atoms with E-state index in [4.69, 9.17) is 9.47 Å². The quantitative estimate of drug-likeness (QED) is 0.804. The predicted octanol–water partition coefficient (Wildman–Crippen LogP) is 2.91. The highest BCUT2D eigenvalue weighted by Crippen LogP contribution is 2.32. The van der Waals surface area contributed by atoms with Gasteiger partial charge in [-0.2, -0.15) is 5.26 Å². The van der Waals surface area contributed by atoms with E-state index in [9.17, 15) is 15.2 Å². The molecule has 0 spiro atoms. The molecule has 136 valence electrons. The fourth-order valence-electron chi connectivity index (χ4n) is 2.59. The maximum absolute atomic E-state index is 12.3. The molecule has 0 saturated carbocycles. The lowest BCUT2D eigenvalue weighted by Gasteiger charge is -2.13. The number of aromatic hydroxyl groups is 1. The second-order valence-electron chi connectivity index (χ2n) is 5.60. The number of ether oxygens (including phenoxy) is 2. The third kappa shape index (κ3) is 3.54. The largest absolute Gasteiger partial charge is 0.497 e. The second kappa shape index (κ2) is 8.21. The molecule has 26 heavy (non-hydrogen) atoms. The van der Waals surface area contributed by atoms with E-state index in [1.807, 2.05) is 13.0 Å². The number of rotatable bonds is 6. The molecule has 0 unspecified atom stereocenters. The standard InChI is InChI=1S/C19H21N3O4/c1-5-8-22-18(23)14(10-20)12(2)15(19(22)24)11-21-16-9-13(25-3)6-7-17(16)26-4/h6-7,9,11,24H,5,8H2,1-4H3. The van der Waals surface area contributed by atoms with Gasteiger partial charge in [-0.15, -0.1) is 0 Å². The monoisotopic (exact) mass is 355 g/mol. The molecule has 2 rings (SSSR count). The SMILES string of the molecule is CCCn1c(O)c(C=Nc2cc(OC)ccc2OC)c(C)c(C#N)c1=O. The van der Waals surface area contributed by atoms with Crippen LogP contribution in [0, 0.1) is 18.3 Å². The molecule has 1 N–H and O–H groups in total. The minimum atomic E-state index is -0.500. The Morgan fingerprint density at radius 1 is 1.35 bits per heavy atom. The van der Waals surface area contributed by atoms with Crippen molar-refractivity contribution in [1.82, 2.24) is 4.57 Å². The summed E-state index contributed by atoms with van der Waals surface area (Å²) in [7, 11) is 3.07. The predicted molar refractivity (Wildman–Crippen MR) is 98.9 cm³/mol. The highest BCUT2D eigenvalue weighted by molar-refractivity contribution is 5.88. The summed E-state index contributed by atoms with van der Waals surface area (Å²) in [5.74, 6) is 0.924. The maximum Gasteiger partial charge on any atom is 0.271 e. The van der Waals surface area contributed by atoms with Crippen molar-refractivity contribution in [3.63, 3.8) is 0 Å². The first-order valence-corrected chi connectivity index (χ1v) is 8.11. The summed E-state index contributed by atoms with van der Waals surface area (Å²) in [6.45, 7) is 3.80. The van der Waals surface area contributed by atoms with Gasteiger partial charge in [-0.1, -0.05) is 6.92 Å².